The topological polar surface area (TPSA) is 145 Å². The normalized spacial score (nSPS) is 10.2. The monoisotopic (exact) mass is 396 g/mol. The number of non-ortho nitro benzene ring substituents is 1. The highest BCUT2D eigenvalue weighted by atomic mass is 16.9. The summed E-state index contributed by atoms with van der Waals surface area (Å²) in [5, 5.41) is 35.1. The molecule has 0 aliphatic rings. The highest BCUT2D eigenvalue weighted by Crippen LogP contribution is 2.37. The summed E-state index contributed by atoms with van der Waals surface area (Å²) in [4.78, 5) is 31.7. The van der Waals surface area contributed by atoms with Crippen molar-refractivity contribution in [3.05, 3.63) is 103 Å². The number of para-hydroxylation sites is 2. The van der Waals surface area contributed by atoms with Crippen LogP contribution in [0.4, 0.5) is 34.1 Å². The zero-order valence-electron chi connectivity index (χ0n) is 14.7. The number of nitro groups is 3. The van der Waals surface area contributed by atoms with E-state index in [0.29, 0.717) is 11.4 Å². The predicted molar refractivity (Wildman–Crippen MR) is 105 cm³/mol. The van der Waals surface area contributed by atoms with E-state index in [4.69, 9.17) is 0 Å². The van der Waals surface area contributed by atoms with Gasteiger partial charge < -0.3 is 0 Å². The fraction of sp³-hybridized carbons (Fsp3) is 0. The highest BCUT2D eigenvalue weighted by Gasteiger charge is 2.27. The van der Waals surface area contributed by atoms with Crippen LogP contribution >= 0.6 is 0 Å². The van der Waals surface area contributed by atoms with Gasteiger partial charge in [-0.25, -0.2) is 0 Å². The van der Waals surface area contributed by atoms with E-state index < -0.39 is 26.1 Å². The molecule has 0 radical (unpaired) electrons. The van der Waals surface area contributed by atoms with Gasteiger partial charge in [-0.1, -0.05) is 18.2 Å². The van der Waals surface area contributed by atoms with Crippen LogP contribution in [0.3, 0.4) is 0 Å². The van der Waals surface area contributed by atoms with E-state index in [-0.39, 0.29) is 11.4 Å². The highest BCUT2D eigenvalue weighted by molar-refractivity contribution is 5.79. The lowest BCUT2D eigenvalue weighted by molar-refractivity contribution is -0.392. The number of hydrazine groups is 1. The molecule has 0 bridgehead atoms. The van der Waals surface area contributed by atoms with Crippen LogP contribution in [0.2, 0.25) is 0 Å². The Morgan fingerprint density at radius 1 is 0.621 bits per heavy atom. The third-order valence-corrected chi connectivity index (χ3v) is 3.97. The van der Waals surface area contributed by atoms with Gasteiger partial charge in [-0.05, 0) is 30.3 Å². The molecule has 0 spiro atoms. The Hall–Kier alpha value is -4.54. The molecule has 29 heavy (non-hydrogen) atoms. The average molecular weight is 396 g/mol. The summed E-state index contributed by atoms with van der Waals surface area (Å²) in [6.07, 6.45) is 0. The van der Waals surface area contributed by atoms with Gasteiger partial charge in [-0.15, -0.1) is 0 Å². The number of anilines is 3. The molecule has 0 aromatic heterocycles. The molecule has 0 atom stereocenters. The third-order valence-electron chi connectivity index (χ3n) is 3.97. The van der Waals surface area contributed by atoms with Gasteiger partial charge in [0.1, 0.15) is 0 Å². The van der Waals surface area contributed by atoms with Crippen molar-refractivity contribution in [1.82, 2.24) is 0 Å². The van der Waals surface area contributed by atoms with Gasteiger partial charge >= 0.3 is 11.4 Å². The van der Waals surface area contributed by atoms with Crippen molar-refractivity contribution < 1.29 is 14.8 Å². The Labute approximate surface area is 163 Å². The predicted octanol–water partition coefficient (Wildman–Crippen LogP) is 4.58. The SMILES string of the molecule is O=[N+]([O-])c1cccc([N+](=O)[O-])c1NN(c1ccccc1)c1ccc([15N+](=O)[O-])cc1. The number of nitrogens with one attached hydrogen (secondary N) is 1. The van der Waals surface area contributed by atoms with Crippen LogP contribution in [0.25, 0.3) is 0 Å². The van der Waals surface area contributed by atoms with E-state index in [1.54, 1.807) is 30.3 Å². The molecule has 0 aliphatic carbocycles. The summed E-state index contributed by atoms with van der Waals surface area (Å²) < 4.78 is 0. The van der Waals surface area contributed by atoms with Crippen molar-refractivity contribution in [2.45, 2.75) is 0 Å². The largest absolute Gasteiger partial charge is 0.301 e. The first-order valence-corrected chi connectivity index (χ1v) is 8.16. The smallest absolute Gasteiger partial charge is 0.282 e. The lowest BCUT2D eigenvalue weighted by Crippen LogP contribution is -2.25. The maximum Gasteiger partial charge on any atom is 0.301 e. The number of rotatable bonds is 7. The molecule has 0 heterocycles. The molecule has 11 nitrogen and oxygen atoms in total. The van der Waals surface area contributed by atoms with Crippen molar-refractivity contribution in [3.8, 4) is 0 Å². The maximum atomic E-state index is 11.4. The molecule has 146 valence electrons. The Morgan fingerprint density at radius 3 is 1.62 bits per heavy atom. The molecule has 0 aliphatic heterocycles. The van der Waals surface area contributed by atoms with E-state index in [9.17, 15) is 30.3 Å². The second kappa shape index (κ2) is 8.00. The first-order chi connectivity index (χ1) is 13.9. The Balaban J connectivity index is 2.13. The van der Waals surface area contributed by atoms with Crippen LogP contribution in [-0.2, 0) is 0 Å². The summed E-state index contributed by atoms with van der Waals surface area (Å²) in [7, 11) is 0. The fourth-order valence-corrected chi connectivity index (χ4v) is 2.64. The number of nitro benzene ring substituents is 3. The van der Waals surface area contributed by atoms with Crippen molar-refractivity contribution in [1.29, 1.82) is 0 Å². The van der Waals surface area contributed by atoms with Crippen LogP contribution in [0.1, 0.15) is 0 Å². The van der Waals surface area contributed by atoms with E-state index in [1.165, 1.54) is 35.3 Å². The summed E-state index contributed by atoms with van der Waals surface area (Å²) in [5.74, 6) is 0. The van der Waals surface area contributed by atoms with Crippen molar-refractivity contribution in [3.63, 3.8) is 0 Å². The van der Waals surface area contributed by atoms with Crippen molar-refractivity contribution in [2.75, 3.05) is 10.4 Å². The fourth-order valence-electron chi connectivity index (χ4n) is 2.64. The molecular formula is C18H13N5O6. The van der Waals surface area contributed by atoms with Crippen LogP contribution in [0.15, 0.2) is 72.8 Å². The van der Waals surface area contributed by atoms with Gasteiger partial charge in [0.15, 0.2) is 0 Å². The van der Waals surface area contributed by atoms with Crippen LogP contribution in [0.5, 0.6) is 0 Å². The van der Waals surface area contributed by atoms with Crippen molar-refractivity contribution >= 4 is 34.1 Å². The minimum absolute atomic E-state index is 0.140. The summed E-state index contributed by atoms with van der Waals surface area (Å²) in [6.45, 7) is 0. The Bertz CT molecular complexity index is 1040. The maximum absolute atomic E-state index is 11.4. The van der Waals surface area contributed by atoms with Gasteiger partial charge in [0.25, 0.3) is 5.69 Å². The van der Waals surface area contributed by atoms with Crippen molar-refractivity contribution in [2.24, 2.45) is 0 Å². The number of hydrogen-bond donors (Lipinski definition) is 1. The quantitative estimate of drug-likeness (QED) is 0.347. The van der Waals surface area contributed by atoms with Gasteiger partial charge in [0, 0.05) is 24.3 Å². The minimum atomic E-state index is -0.728. The summed E-state index contributed by atoms with van der Waals surface area (Å²) in [5.41, 5.74) is 2.21. The van der Waals surface area contributed by atoms with E-state index in [0.717, 1.165) is 12.1 Å². The van der Waals surface area contributed by atoms with Crippen LogP contribution in [0, 0.1) is 30.3 Å². The lowest BCUT2D eigenvalue weighted by Gasteiger charge is -2.26. The molecule has 0 fully saturated rings. The second-order valence-corrected chi connectivity index (χ2v) is 5.74. The van der Waals surface area contributed by atoms with Crippen LogP contribution < -0.4 is 10.4 Å². The number of benzene rings is 3. The zero-order chi connectivity index (χ0) is 21.0. The molecule has 3 aromatic carbocycles. The number of nitrogens with zero attached hydrogens (tertiary/aromatic N) is 4. The second-order valence-electron chi connectivity index (χ2n) is 5.74. The van der Waals surface area contributed by atoms with Gasteiger partial charge in [0.2, 0.25) is 5.69 Å². The molecule has 11 heteroatoms. The molecular weight excluding hydrogens is 383 g/mol. The van der Waals surface area contributed by atoms with Crippen LogP contribution in [-0.4, -0.2) is 14.8 Å². The molecule has 3 aromatic rings. The molecule has 3 rings (SSSR count). The van der Waals surface area contributed by atoms with E-state index >= 15 is 0 Å². The summed E-state index contributed by atoms with van der Waals surface area (Å²) in [6, 6.07) is 17.4. The average Bonchev–Trinajstić information content (AvgIpc) is 2.72. The Kier molecular flexibility index (Phi) is 5.30. The standard InChI is InChI=1S/C18H13N5O6/c24-21(25)15-11-9-14(10-12-15)20(13-5-2-1-3-6-13)19-18-16(22(26)27)7-4-8-17(18)23(28)29/h1-12,19H/i21+1. The number of hydrogen-bond acceptors (Lipinski definition) is 8. The van der Waals surface area contributed by atoms with Gasteiger partial charge in [0.05, 0.1) is 26.1 Å². The third kappa shape index (κ3) is 4.08. The molecule has 1 N–H and O–H groups in total. The minimum Gasteiger partial charge on any atom is -0.282 e. The first kappa shape index (κ1) is 19.2. The van der Waals surface area contributed by atoms with Gasteiger partial charge in [-0.3, -0.25) is 40.8 Å². The zero-order valence-corrected chi connectivity index (χ0v) is 14.7. The summed E-state index contributed by atoms with van der Waals surface area (Å²) >= 11 is 0. The lowest BCUT2D eigenvalue weighted by atomic mass is 10.2. The first-order valence-electron chi connectivity index (χ1n) is 8.16. The van der Waals surface area contributed by atoms with E-state index in [1.807, 2.05) is 0 Å². The molecule has 0 amide bonds. The Morgan fingerprint density at radius 2 is 1.14 bits per heavy atom. The van der Waals surface area contributed by atoms with Gasteiger partial charge in [-0.2, -0.15) is 0 Å². The molecule has 0 unspecified atom stereocenters. The molecule has 0 saturated carbocycles. The molecule has 0 saturated heterocycles. The van der Waals surface area contributed by atoms with E-state index in [2.05, 4.69) is 5.43 Å².